The normalized spacial score (nSPS) is 10.9. The molecule has 0 atom stereocenters. The quantitative estimate of drug-likeness (QED) is 0.802. The van der Waals surface area contributed by atoms with Crippen LogP contribution < -0.4 is 5.32 Å². The topological polar surface area (TPSA) is 73.0 Å². The highest BCUT2D eigenvalue weighted by Crippen LogP contribution is 2.17. The van der Waals surface area contributed by atoms with E-state index in [0.717, 1.165) is 5.69 Å². The smallest absolute Gasteiger partial charge is 0.277 e. The van der Waals surface area contributed by atoms with E-state index in [1.807, 2.05) is 50.4 Å². The van der Waals surface area contributed by atoms with Crippen LogP contribution in [-0.2, 0) is 0 Å². The van der Waals surface area contributed by atoms with Crippen LogP contribution in [0.3, 0.4) is 0 Å². The molecule has 22 heavy (non-hydrogen) atoms. The molecular formula is C16H16N4O2. The third-order valence-corrected chi connectivity index (χ3v) is 3.22. The minimum atomic E-state index is -0.289. The molecule has 3 rings (SSSR count). The SMILES string of the molecule is CC(C)c1cc(C(=O)Nc2ccc(-n3cccn3)cc2)no1. The first-order valence-corrected chi connectivity index (χ1v) is 7.01. The van der Waals surface area contributed by atoms with E-state index < -0.39 is 0 Å². The van der Waals surface area contributed by atoms with Crippen LogP contribution in [0.4, 0.5) is 5.69 Å². The molecule has 6 heteroatoms. The summed E-state index contributed by atoms with van der Waals surface area (Å²) in [5.74, 6) is 0.601. The van der Waals surface area contributed by atoms with Crippen molar-refractivity contribution < 1.29 is 9.32 Å². The number of hydrogen-bond acceptors (Lipinski definition) is 4. The van der Waals surface area contributed by atoms with Crippen LogP contribution in [0.2, 0.25) is 0 Å². The van der Waals surface area contributed by atoms with Crippen LogP contribution in [0, 0.1) is 0 Å². The van der Waals surface area contributed by atoms with E-state index in [4.69, 9.17) is 4.52 Å². The maximum Gasteiger partial charge on any atom is 0.277 e. The van der Waals surface area contributed by atoms with Crippen molar-refractivity contribution in [1.29, 1.82) is 0 Å². The van der Waals surface area contributed by atoms with Gasteiger partial charge in [0.05, 0.1) is 5.69 Å². The molecule has 2 aromatic heterocycles. The van der Waals surface area contributed by atoms with Gasteiger partial charge in [0.2, 0.25) is 0 Å². The zero-order valence-corrected chi connectivity index (χ0v) is 12.4. The molecule has 3 aromatic rings. The molecule has 0 unspecified atom stereocenters. The highest BCUT2D eigenvalue weighted by atomic mass is 16.5. The van der Waals surface area contributed by atoms with Crippen molar-refractivity contribution in [3.63, 3.8) is 0 Å². The third-order valence-electron chi connectivity index (χ3n) is 3.22. The molecule has 0 fully saturated rings. The lowest BCUT2D eigenvalue weighted by Crippen LogP contribution is -2.12. The molecule has 1 amide bonds. The van der Waals surface area contributed by atoms with Crippen LogP contribution in [0.1, 0.15) is 36.0 Å². The third kappa shape index (κ3) is 2.90. The van der Waals surface area contributed by atoms with Crippen molar-refractivity contribution in [1.82, 2.24) is 14.9 Å². The molecule has 0 aliphatic heterocycles. The lowest BCUT2D eigenvalue weighted by molar-refractivity contribution is 0.101. The number of aromatic nitrogens is 3. The molecule has 0 saturated heterocycles. The van der Waals surface area contributed by atoms with Gasteiger partial charge in [-0.15, -0.1) is 0 Å². The van der Waals surface area contributed by atoms with Gasteiger partial charge in [-0.2, -0.15) is 5.10 Å². The fraction of sp³-hybridized carbons (Fsp3) is 0.188. The van der Waals surface area contributed by atoms with Crippen molar-refractivity contribution >= 4 is 11.6 Å². The van der Waals surface area contributed by atoms with Gasteiger partial charge in [0.1, 0.15) is 5.76 Å². The predicted octanol–water partition coefficient (Wildman–Crippen LogP) is 3.24. The van der Waals surface area contributed by atoms with E-state index in [2.05, 4.69) is 15.6 Å². The van der Waals surface area contributed by atoms with Gasteiger partial charge in [0.15, 0.2) is 5.69 Å². The second-order valence-electron chi connectivity index (χ2n) is 5.22. The predicted molar refractivity (Wildman–Crippen MR) is 82.1 cm³/mol. The Morgan fingerprint density at radius 3 is 2.64 bits per heavy atom. The molecule has 112 valence electrons. The number of hydrogen-bond donors (Lipinski definition) is 1. The zero-order chi connectivity index (χ0) is 15.5. The Kier molecular flexibility index (Phi) is 3.74. The molecular weight excluding hydrogens is 280 g/mol. The Bertz CT molecular complexity index is 758. The minimum absolute atomic E-state index is 0.197. The van der Waals surface area contributed by atoms with E-state index in [-0.39, 0.29) is 17.5 Å². The first kappa shape index (κ1) is 14.1. The number of rotatable bonds is 4. The molecule has 2 heterocycles. The second kappa shape index (κ2) is 5.85. The minimum Gasteiger partial charge on any atom is -0.360 e. The average Bonchev–Trinajstić information content (AvgIpc) is 3.20. The van der Waals surface area contributed by atoms with Gasteiger partial charge in [0, 0.05) is 30.1 Å². The summed E-state index contributed by atoms with van der Waals surface area (Å²) >= 11 is 0. The van der Waals surface area contributed by atoms with Gasteiger partial charge in [-0.25, -0.2) is 4.68 Å². The first-order chi connectivity index (χ1) is 10.6. The van der Waals surface area contributed by atoms with E-state index in [1.165, 1.54) is 0 Å². The molecule has 0 radical (unpaired) electrons. The first-order valence-electron chi connectivity index (χ1n) is 7.01. The largest absolute Gasteiger partial charge is 0.360 e. The Hall–Kier alpha value is -2.89. The number of amides is 1. The van der Waals surface area contributed by atoms with Crippen LogP contribution in [0.25, 0.3) is 5.69 Å². The Labute approximate surface area is 127 Å². The van der Waals surface area contributed by atoms with Gasteiger partial charge < -0.3 is 9.84 Å². The number of nitrogens with zero attached hydrogens (tertiary/aromatic N) is 3. The highest BCUT2D eigenvalue weighted by Gasteiger charge is 2.14. The molecule has 6 nitrogen and oxygen atoms in total. The molecule has 1 N–H and O–H groups in total. The molecule has 0 bridgehead atoms. The van der Waals surface area contributed by atoms with Crippen LogP contribution in [-0.4, -0.2) is 20.8 Å². The molecule has 0 saturated carbocycles. The van der Waals surface area contributed by atoms with Crippen LogP contribution in [0.5, 0.6) is 0 Å². The van der Waals surface area contributed by atoms with Gasteiger partial charge in [-0.05, 0) is 30.3 Å². The van der Waals surface area contributed by atoms with Gasteiger partial charge >= 0.3 is 0 Å². The monoisotopic (exact) mass is 296 g/mol. The summed E-state index contributed by atoms with van der Waals surface area (Å²) in [5, 5.41) is 10.7. The standard InChI is InChI=1S/C16H16N4O2/c1-11(2)15-10-14(19-22-15)16(21)18-12-4-6-13(7-5-12)20-9-3-8-17-20/h3-11H,1-2H3,(H,18,21). The molecule has 0 spiro atoms. The van der Waals surface area contributed by atoms with Crippen molar-refractivity contribution in [2.24, 2.45) is 0 Å². The second-order valence-corrected chi connectivity index (χ2v) is 5.22. The number of carbonyl (C=O) groups is 1. The maximum atomic E-state index is 12.1. The maximum absolute atomic E-state index is 12.1. The van der Waals surface area contributed by atoms with Crippen molar-refractivity contribution in [3.05, 3.63) is 60.2 Å². The summed E-state index contributed by atoms with van der Waals surface area (Å²) in [5.41, 5.74) is 1.89. The lowest BCUT2D eigenvalue weighted by Gasteiger charge is -2.05. The summed E-state index contributed by atoms with van der Waals surface area (Å²) in [6.45, 7) is 3.96. The fourth-order valence-corrected chi connectivity index (χ4v) is 1.98. The summed E-state index contributed by atoms with van der Waals surface area (Å²) < 4.78 is 6.88. The molecule has 0 aliphatic rings. The fourth-order valence-electron chi connectivity index (χ4n) is 1.98. The molecule has 1 aromatic carbocycles. The van der Waals surface area contributed by atoms with Gasteiger partial charge in [-0.1, -0.05) is 19.0 Å². The van der Waals surface area contributed by atoms with Crippen LogP contribution in [0.15, 0.2) is 53.3 Å². The average molecular weight is 296 g/mol. The summed E-state index contributed by atoms with van der Waals surface area (Å²) in [4.78, 5) is 12.1. The van der Waals surface area contributed by atoms with E-state index in [9.17, 15) is 4.79 Å². The van der Waals surface area contributed by atoms with Gasteiger partial charge in [0.25, 0.3) is 5.91 Å². The number of benzene rings is 1. The Morgan fingerprint density at radius 2 is 2.05 bits per heavy atom. The van der Waals surface area contributed by atoms with E-state index >= 15 is 0 Å². The molecule has 0 aliphatic carbocycles. The van der Waals surface area contributed by atoms with Gasteiger partial charge in [-0.3, -0.25) is 4.79 Å². The zero-order valence-electron chi connectivity index (χ0n) is 12.4. The Morgan fingerprint density at radius 1 is 1.27 bits per heavy atom. The number of carbonyl (C=O) groups excluding carboxylic acids is 1. The summed E-state index contributed by atoms with van der Waals surface area (Å²) in [7, 11) is 0. The highest BCUT2D eigenvalue weighted by molar-refractivity contribution is 6.02. The van der Waals surface area contributed by atoms with E-state index in [1.54, 1.807) is 16.9 Å². The van der Waals surface area contributed by atoms with E-state index in [0.29, 0.717) is 11.4 Å². The van der Waals surface area contributed by atoms with Crippen molar-refractivity contribution in [3.8, 4) is 5.69 Å². The lowest BCUT2D eigenvalue weighted by atomic mass is 10.1. The summed E-state index contributed by atoms with van der Waals surface area (Å²) in [6.07, 6.45) is 3.57. The Balaban J connectivity index is 1.71. The van der Waals surface area contributed by atoms with Crippen molar-refractivity contribution in [2.75, 3.05) is 5.32 Å². The summed E-state index contributed by atoms with van der Waals surface area (Å²) in [6, 6.07) is 10.9. The number of anilines is 1. The van der Waals surface area contributed by atoms with Crippen LogP contribution >= 0.6 is 0 Å². The number of nitrogens with one attached hydrogen (secondary N) is 1. The van der Waals surface area contributed by atoms with Crippen molar-refractivity contribution in [2.45, 2.75) is 19.8 Å².